The number of carbonyl (C=O) groups is 2. The summed E-state index contributed by atoms with van der Waals surface area (Å²) in [5.41, 5.74) is 0. The zero-order valence-electron chi connectivity index (χ0n) is 38.2. The third-order valence-corrected chi connectivity index (χ3v) is 11.2. The van der Waals surface area contributed by atoms with Crippen molar-refractivity contribution in [3.05, 3.63) is 48.6 Å². The number of rotatable bonds is 43. The van der Waals surface area contributed by atoms with Gasteiger partial charge < -0.3 is 34.4 Å². The minimum Gasteiger partial charge on any atom is -0.462 e. The molecule has 0 fully saturated rings. The van der Waals surface area contributed by atoms with E-state index in [2.05, 4.69) is 42.0 Å². The first-order chi connectivity index (χ1) is 29.6. The Bertz CT molecular complexity index is 1310. The number of unbranched alkanes of at least 4 members (excludes halogenated alkanes) is 17. The Hall–Kier alpha value is -1.96. The first-order valence-corrected chi connectivity index (χ1v) is 26.3. The highest BCUT2D eigenvalue weighted by Gasteiger charge is 2.28. The number of hydrogen-bond donors (Lipinski definition) is 5. The van der Waals surface area contributed by atoms with Crippen LogP contribution in [-0.4, -0.2) is 81.6 Å². The summed E-state index contributed by atoms with van der Waals surface area (Å²) in [6.45, 7) is 3.91. The third kappa shape index (κ3) is 44.6. The molecule has 0 aliphatic rings. The van der Waals surface area contributed by atoms with Gasteiger partial charge in [-0.3, -0.25) is 23.2 Å². The van der Waals surface area contributed by atoms with Crippen LogP contribution >= 0.6 is 15.6 Å². The molecule has 5 N–H and O–H groups in total. The molecule has 0 amide bonds. The number of aliphatic hydroxyl groups excluding tert-OH is 2. The number of allylic oxidation sites excluding steroid dienone is 6. The third-order valence-electron chi connectivity index (χ3n) is 9.72. The van der Waals surface area contributed by atoms with Gasteiger partial charge in [-0.25, -0.2) is 9.13 Å². The molecule has 2 unspecified atom stereocenters. The molecule has 0 aromatic carbocycles. The number of aliphatic hydroxyl groups is 2. The second kappa shape index (κ2) is 40.5. The summed E-state index contributed by atoms with van der Waals surface area (Å²) in [6, 6.07) is 0. The van der Waals surface area contributed by atoms with E-state index in [-0.39, 0.29) is 12.8 Å². The predicted molar refractivity (Wildman–Crippen MR) is 245 cm³/mol. The summed E-state index contributed by atoms with van der Waals surface area (Å²) in [5.74, 6) is -0.353. The molecule has 0 bridgehead atoms. The molecule has 0 rings (SSSR count). The first kappa shape index (κ1) is 60.0. The van der Waals surface area contributed by atoms with E-state index in [1.54, 1.807) is 18.2 Å². The molecular weight excluding hydrogens is 838 g/mol. The van der Waals surface area contributed by atoms with E-state index in [4.69, 9.17) is 23.8 Å². The summed E-state index contributed by atoms with van der Waals surface area (Å²) in [7, 11) is -9.73. The normalized spacial score (nSPS) is 15.0. The van der Waals surface area contributed by atoms with Gasteiger partial charge in [-0.1, -0.05) is 172 Å². The molecule has 14 nitrogen and oxygen atoms in total. The van der Waals surface area contributed by atoms with Crippen molar-refractivity contribution >= 4 is 27.6 Å². The van der Waals surface area contributed by atoms with Gasteiger partial charge in [0.1, 0.15) is 12.7 Å². The molecule has 0 aliphatic heterocycles. The molecular formula is C46H84O14P2. The Labute approximate surface area is 373 Å². The fraction of sp³-hybridized carbons (Fsp3) is 0.783. The molecule has 4 atom stereocenters. The van der Waals surface area contributed by atoms with Crippen LogP contribution in [0.3, 0.4) is 0 Å². The van der Waals surface area contributed by atoms with Crippen molar-refractivity contribution < 1.29 is 66.7 Å². The van der Waals surface area contributed by atoms with Crippen molar-refractivity contribution in [1.29, 1.82) is 0 Å². The van der Waals surface area contributed by atoms with E-state index in [1.165, 1.54) is 89.9 Å². The second-order valence-electron chi connectivity index (χ2n) is 16.4. The van der Waals surface area contributed by atoms with Crippen molar-refractivity contribution in [3.63, 3.8) is 0 Å². The molecule has 0 saturated heterocycles. The largest absolute Gasteiger partial charge is 0.472 e. The fourth-order valence-electron chi connectivity index (χ4n) is 6.14. The fourth-order valence-corrected chi connectivity index (χ4v) is 7.29. The number of ether oxygens (including phenoxy) is 2. The molecule has 0 saturated carbocycles. The second-order valence-corrected chi connectivity index (χ2v) is 19.1. The minimum absolute atomic E-state index is 0.00328. The highest BCUT2D eigenvalue weighted by Crippen LogP contribution is 2.43. The number of carbonyl (C=O) groups excluding carboxylic acids is 2. The van der Waals surface area contributed by atoms with Crippen LogP contribution in [0.2, 0.25) is 0 Å². The average Bonchev–Trinajstić information content (AvgIpc) is 3.21. The van der Waals surface area contributed by atoms with Gasteiger partial charge in [0.25, 0.3) is 0 Å². The first-order valence-electron chi connectivity index (χ1n) is 23.3. The molecule has 362 valence electrons. The quantitative estimate of drug-likeness (QED) is 0.0126. The van der Waals surface area contributed by atoms with Crippen LogP contribution in [0.4, 0.5) is 0 Å². The van der Waals surface area contributed by atoms with Crippen molar-refractivity contribution in [3.8, 4) is 0 Å². The van der Waals surface area contributed by atoms with E-state index >= 15 is 0 Å². The zero-order valence-corrected chi connectivity index (χ0v) is 40.0. The van der Waals surface area contributed by atoms with Crippen LogP contribution in [0.5, 0.6) is 0 Å². The van der Waals surface area contributed by atoms with E-state index in [0.717, 1.165) is 38.0 Å². The van der Waals surface area contributed by atoms with Crippen molar-refractivity contribution in [2.45, 2.75) is 200 Å². The molecule has 0 heterocycles. The standard InChI is InChI=1S/C46H84O14P2/c1-4-5-6-7-8-15-19-23-28-33-42(47)34-29-24-21-26-31-36-46(50)60-44(40-59-62(54,55)58-38-43(48)37-57-61(51,52)53)39-56-45(49)35-30-25-20-17-14-12-10-9-11-13-16-18-22-27-32-41(2)3/h8,15,21,23-24,28-29,34,41-44,47-48H,4-7,9-14,16-20,22,25-27,30-33,35-40H2,1-3H3,(H,54,55)(H2,51,52,53)/b15-8-,24-21+,28-23-,34-29-/t42?,43-,44+/m0/s1. The lowest BCUT2D eigenvalue weighted by atomic mass is 10.0. The smallest absolute Gasteiger partial charge is 0.462 e. The monoisotopic (exact) mass is 923 g/mol. The number of phosphoric ester groups is 2. The Kier molecular flexibility index (Phi) is 39.3. The van der Waals surface area contributed by atoms with Crippen LogP contribution in [0.25, 0.3) is 0 Å². The van der Waals surface area contributed by atoms with Crippen LogP contribution < -0.4 is 0 Å². The number of esters is 2. The molecule has 0 spiro atoms. The maximum atomic E-state index is 12.7. The Balaban J connectivity index is 4.64. The summed E-state index contributed by atoms with van der Waals surface area (Å²) in [5, 5.41) is 19.9. The lowest BCUT2D eigenvalue weighted by Gasteiger charge is -2.20. The van der Waals surface area contributed by atoms with E-state index in [0.29, 0.717) is 25.7 Å². The Morgan fingerprint density at radius 1 is 0.581 bits per heavy atom. The number of hydrogen-bond acceptors (Lipinski definition) is 11. The van der Waals surface area contributed by atoms with Gasteiger partial charge in [0.2, 0.25) is 0 Å². The van der Waals surface area contributed by atoms with Gasteiger partial charge in [-0.15, -0.1) is 0 Å². The van der Waals surface area contributed by atoms with E-state index < -0.39 is 72.3 Å². The van der Waals surface area contributed by atoms with Gasteiger partial charge >= 0.3 is 27.6 Å². The van der Waals surface area contributed by atoms with Crippen molar-refractivity contribution in [1.82, 2.24) is 0 Å². The predicted octanol–water partition coefficient (Wildman–Crippen LogP) is 11.1. The molecule has 16 heteroatoms. The average molecular weight is 923 g/mol. The van der Waals surface area contributed by atoms with Crippen LogP contribution in [0.15, 0.2) is 48.6 Å². The molecule has 0 aromatic rings. The topological polar surface area (TPSA) is 216 Å². The van der Waals surface area contributed by atoms with Crippen LogP contribution in [0, 0.1) is 5.92 Å². The zero-order chi connectivity index (χ0) is 46.2. The Morgan fingerprint density at radius 2 is 1.13 bits per heavy atom. The SMILES string of the molecule is CCCCC/C=C\C/C=C\CC(O)/C=C\C=C\CCCC(=O)O[C@H](COC(=O)CCCCCCCCCCCCCCCCC(C)C)COP(=O)(O)OC[C@@H](O)COP(=O)(O)O. The lowest BCUT2D eigenvalue weighted by Crippen LogP contribution is -2.29. The highest BCUT2D eigenvalue weighted by atomic mass is 31.2. The molecule has 62 heavy (non-hydrogen) atoms. The van der Waals surface area contributed by atoms with Crippen LogP contribution in [-0.2, 0) is 41.8 Å². The summed E-state index contributed by atoms with van der Waals surface area (Å²) in [4.78, 5) is 52.8. The summed E-state index contributed by atoms with van der Waals surface area (Å²) < 4.78 is 47.7. The molecule has 0 radical (unpaired) electrons. The molecule has 0 aliphatic carbocycles. The van der Waals surface area contributed by atoms with Crippen LogP contribution in [0.1, 0.15) is 181 Å². The van der Waals surface area contributed by atoms with Crippen molar-refractivity contribution in [2.24, 2.45) is 5.92 Å². The summed E-state index contributed by atoms with van der Waals surface area (Å²) >= 11 is 0. The van der Waals surface area contributed by atoms with Gasteiger partial charge in [-0.05, 0) is 50.9 Å². The van der Waals surface area contributed by atoms with Crippen molar-refractivity contribution in [2.75, 3.05) is 26.4 Å². The Morgan fingerprint density at radius 3 is 1.74 bits per heavy atom. The van der Waals surface area contributed by atoms with Gasteiger partial charge in [0, 0.05) is 12.8 Å². The maximum Gasteiger partial charge on any atom is 0.472 e. The maximum absolute atomic E-state index is 12.7. The lowest BCUT2D eigenvalue weighted by molar-refractivity contribution is -0.161. The van der Waals surface area contributed by atoms with Gasteiger partial charge in [0.15, 0.2) is 6.10 Å². The number of phosphoric acid groups is 2. The van der Waals surface area contributed by atoms with E-state index in [9.17, 15) is 33.8 Å². The highest BCUT2D eigenvalue weighted by molar-refractivity contribution is 7.47. The van der Waals surface area contributed by atoms with Gasteiger partial charge in [-0.2, -0.15) is 0 Å². The minimum atomic E-state index is -4.88. The van der Waals surface area contributed by atoms with Gasteiger partial charge in [0.05, 0.1) is 25.9 Å². The summed E-state index contributed by atoms with van der Waals surface area (Å²) in [6.07, 6.45) is 37.1. The van der Waals surface area contributed by atoms with E-state index in [1.807, 2.05) is 18.2 Å². The molecule has 0 aromatic heterocycles.